The Morgan fingerprint density at radius 1 is 1.00 bits per heavy atom. The molecule has 0 radical (unpaired) electrons. The summed E-state index contributed by atoms with van der Waals surface area (Å²) in [6.45, 7) is 1.47. The lowest BCUT2D eigenvalue weighted by molar-refractivity contribution is -0.119. The van der Waals surface area contributed by atoms with E-state index in [0.29, 0.717) is 22.8 Å². The van der Waals surface area contributed by atoms with Crippen LogP contribution in [0, 0.1) is 0 Å². The van der Waals surface area contributed by atoms with Gasteiger partial charge in [0, 0.05) is 31.6 Å². The summed E-state index contributed by atoms with van der Waals surface area (Å²) in [5.41, 5.74) is 1.45. The molecular formula is C21H27N3O5S. The summed E-state index contributed by atoms with van der Waals surface area (Å²) in [4.78, 5) is 14.1. The number of carbonyl (C=O) groups excluding carboxylic acids is 1. The van der Waals surface area contributed by atoms with Crippen LogP contribution in [0.2, 0.25) is 0 Å². The number of benzene rings is 2. The first-order valence-corrected chi connectivity index (χ1v) is 11.3. The fraction of sp³-hybridized carbons (Fsp3) is 0.381. The van der Waals surface area contributed by atoms with E-state index in [1.807, 2.05) is 0 Å². The molecule has 0 aromatic heterocycles. The Kier molecular flexibility index (Phi) is 7.17. The number of carbonyl (C=O) groups is 1. The Morgan fingerprint density at radius 2 is 1.67 bits per heavy atom. The second-order valence-electron chi connectivity index (χ2n) is 7.05. The number of hydrogen-bond acceptors (Lipinski definition) is 6. The second kappa shape index (κ2) is 9.82. The molecule has 0 unspecified atom stereocenters. The molecule has 1 fully saturated rings. The Hall–Kier alpha value is -2.78. The Balaban J connectivity index is 1.95. The van der Waals surface area contributed by atoms with Gasteiger partial charge in [-0.05, 0) is 61.7 Å². The van der Waals surface area contributed by atoms with Crippen LogP contribution in [0.5, 0.6) is 5.75 Å². The number of nitrogens with one attached hydrogen (secondary N) is 2. The Labute approximate surface area is 177 Å². The molecule has 1 heterocycles. The van der Waals surface area contributed by atoms with Crippen LogP contribution in [-0.2, 0) is 19.6 Å². The fourth-order valence-electron chi connectivity index (χ4n) is 3.40. The van der Waals surface area contributed by atoms with Crippen molar-refractivity contribution in [1.82, 2.24) is 0 Å². The van der Waals surface area contributed by atoms with Gasteiger partial charge in [0.2, 0.25) is 5.91 Å². The zero-order valence-electron chi connectivity index (χ0n) is 17.2. The van der Waals surface area contributed by atoms with Crippen LogP contribution in [0.3, 0.4) is 0 Å². The fourth-order valence-corrected chi connectivity index (χ4v) is 4.71. The molecule has 3 rings (SSSR count). The van der Waals surface area contributed by atoms with E-state index in [0.717, 1.165) is 32.4 Å². The molecule has 1 amide bonds. The Bertz CT molecular complexity index is 971. The first-order valence-electron chi connectivity index (χ1n) is 9.77. The molecule has 0 spiro atoms. The quantitative estimate of drug-likeness (QED) is 0.664. The van der Waals surface area contributed by atoms with Crippen molar-refractivity contribution in [2.45, 2.75) is 24.2 Å². The van der Waals surface area contributed by atoms with Crippen molar-refractivity contribution >= 4 is 33.0 Å². The van der Waals surface area contributed by atoms with Crippen molar-refractivity contribution in [2.24, 2.45) is 0 Å². The van der Waals surface area contributed by atoms with Crippen LogP contribution < -0.4 is 19.7 Å². The maximum absolute atomic E-state index is 13.3. The number of sulfonamides is 1. The van der Waals surface area contributed by atoms with Crippen LogP contribution in [0.15, 0.2) is 47.4 Å². The number of nitrogens with zero attached hydrogens (tertiary/aromatic N) is 1. The molecule has 9 heteroatoms. The monoisotopic (exact) mass is 433 g/mol. The van der Waals surface area contributed by atoms with Gasteiger partial charge in [0.1, 0.15) is 17.3 Å². The van der Waals surface area contributed by atoms with Gasteiger partial charge in [-0.25, -0.2) is 8.42 Å². The smallest absolute Gasteiger partial charge is 0.264 e. The largest absolute Gasteiger partial charge is 0.497 e. The molecule has 2 N–H and O–H groups in total. The van der Waals surface area contributed by atoms with E-state index in [2.05, 4.69) is 14.9 Å². The number of hydrogen-bond donors (Lipinski definition) is 2. The highest BCUT2D eigenvalue weighted by Gasteiger charge is 2.24. The lowest BCUT2D eigenvalue weighted by atomic mass is 10.1. The van der Waals surface area contributed by atoms with E-state index in [9.17, 15) is 13.2 Å². The van der Waals surface area contributed by atoms with Crippen molar-refractivity contribution in [3.8, 4) is 5.75 Å². The number of amides is 1. The van der Waals surface area contributed by atoms with Crippen molar-refractivity contribution in [3.63, 3.8) is 0 Å². The first-order chi connectivity index (χ1) is 14.4. The van der Waals surface area contributed by atoms with Gasteiger partial charge in [-0.15, -0.1) is 0 Å². The second-order valence-corrected chi connectivity index (χ2v) is 8.70. The predicted octanol–water partition coefficient (Wildman–Crippen LogP) is 3.07. The van der Waals surface area contributed by atoms with E-state index >= 15 is 0 Å². The van der Waals surface area contributed by atoms with Gasteiger partial charge in [-0.1, -0.05) is 0 Å². The predicted molar refractivity (Wildman–Crippen MR) is 117 cm³/mol. The van der Waals surface area contributed by atoms with E-state index in [1.54, 1.807) is 43.5 Å². The molecule has 0 aliphatic carbocycles. The first kappa shape index (κ1) is 21.9. The summed E-state index contributed by atoms with van der Waals surface area (Å²) in [5.74, 6) is 0.282. The lowest BCUT2D eigenvalue weighted by Gasteiger charge is -2.30. The minimum Gasteiger partial charge on any atom is -0.497 e. The number of rotatable bonds is 8. The molecule has 1 saturated heterocycles. The maximum atomic E-state index is 13.3. The van der Waals surface area contributed by atoms with Gasteiger partial charge in [-0.3, -0.25) is 9.52 Å². The average molecular weight is 434 g/mol. The number of methoxy groups -OCH3 is 2. The highest BCUT2D eigenvalue weighted by molar-refractivity contribution is 7.92. The van der Waals surface area contributed by atoms with E-state index in [4.69, 9.17) is 9.47 Å². The SMILES string of the molecule is COCC(=O)Nc1ccc(N2CCCCC2)c(S(=O)(=O)Nc2ccc(OC)cc2)c1. The topological polar surface area (TPSA) is 97.0 Å². The van der Waals surface area contributed by atoms with Crippen molar-refractivity contribution < 1.29 is 22.7 Å². The molecule has 1 aliphatic heterocycles. The van der Waals surface area contributed by atoms with Crippen LogP contribution in [-0.4, -0.2) is 48.2 Å². The third-order valence-electron chi connectivity index (χ3n) is 4.85. The molecule has 30 heavy (non-hydrogen) atoms. The summed E-state index contributed by atoms with van der Waals surface area (Å²) < 4.78 is 39.1. The Morgan fingerprint density at radius 3 is 2.30 bits per heavy atom. The van der Waals surface area contributed by atoms with Crippen molar-refractivity contribution in [2.75, 3.05) is 48.9 Å². The standard InChI is InChI=1S/C21H27N3O5S/c1-28-15-21(25)22-17-8-11-19(24-12-4-3-5-13-24)20(14-17)30(26,27)23-16-6-9-18(29-2)10-7-16/h6-11,14,23H,3-5,12-13,15H2,1-2H3,(H,22,25). The highest BCUT2D eigenvalue weighted by atomic mass is 32.2. The molecule has 0 bridgehead atoms. The molecule has 1 aliphatic rings. The zero-order chi connectivity index (χ0) is 21.6. The van der Waals surface area contributed by atoms with Crippen molar-refractivity contribution in [1.29, 1.82) is 0 Å². The summed E-state index contributed by atoms with van der Waals surface area (Å²) >= 11 is 0. The van der Waals surface area contributed by atoms with Crippen LogP contribution in [0.25, 0.3) is 0 Å². The number of ether oxygens (including phenoxy) is 2. The van der Waals surface area contributed by atoms with Crippen LogP contribution in [0.4, 0.5) is 17.1 Å². The van der Waals surface area contributed by atoms with Crippen molar-refractivity contribution in [3.05, 3.63) is 42.5 Å². The number of anilines is 3. The highest BCUT2D eigenvalue weighted by Crippen LogP contribution is 2.32. The minimum absolute atomic E-state index is 0.111. The molecule has 2 aromatic carbocycles. The normalized spacial score (nSPS) is 14.3. The van der Waals surface area contributed by atoms with Gasteiger partial charge in [-0.2, -0.15) is 0 Å². The van der Waals surface area contributed by atoms with Gasteiger partial charge in [0.25, 0.3) is 10.0 Å². The molecular weight excluding hydrogens is 406 g/mol. The van der Waals surface area contributed by atoms with Gasteiger partial charge in [0.05, 0.1) is 12.8 Å². The molecule has 8 nitrogen and oxygen atoms in total. The molecule has 162 valence electrons. The third-order valence-corrected chi connectivity index (χ3v) is 6.26. The lowest BCUT2D eigenvalue weighted by Crippen LogP contribution is -2.31. The molecule has 0 atom stereocenters. The summed E-state index contributed by atoms with van der Waals surface area (Å²) in [6, 6.07) is 11.6. The van der Waals surface area contributed by atoms with Gasteiger partial charge >= 0.3 is 0 Å². The van der Waals surface area contributed by atoms with E-state index in [-0.39, 0.29) is 17.4 Å². The van der Waals surface area contributed by atoms with Gasteiger partial charge < -0.3 is 19.7 Å². The summed E-state index contributed by atoms with van der Waals surface area (Å²) in [7, 11) is -0.925. The van der Waals surface area contributed by atoms with E-state index in [1.165, 1.54) is 13.2 Å². The molecule has 0 saturated carbocycles. The van der Waals surface area contributed by atoms with E-state index < -0.39 is 10.0 Å². The van der Waals surface area contributed by atoms with Crippen LogP contribution in [0.1, 0.15) is 19.3 Å². The van der Waals surface area contributed by atoms with Crippen LogP contribution >= 0.6 is 0 Å². The minimum atomic E-state index is -3.90. The number of piperidine rings is 1. The molecule has 2 aromatic rings. The maximum Gasteiger partial charge on any atom is 0.264 e. The average Bonchev–Trinajstić information content (AvgIpc) is 2.75. The zero-order valence-corrected chi connectivity index (χ0v) is 18.0. The summed E-state index contributed by atoms with van der Waals surface area (Å²) in [6.07, 6.45) is 3.16. The summed E-state index contributed by atoms with van der Waals surface area (Å²) in [5, 5.41) is 2.67. The third kappa shape index (κ3) is 5.43. The van der Waals surface area contributed by atoms with Gasteiger partial charge in [0.15, 0.2) is 0 Å².